The number of piperidine rings is 1. The molecule has 3 aromatic heterocycles. The zero-order valence-electron chi connectivity index (χ0n) is 14.9. The van der Waals surface area contributed by atoms with Crippen molar-refractivity contribution < 1.29 is 17.7 Å². The van der Waals surface area contributed by atoms with E-state index in [4.69, 9.17) is 0 Å². The summed E-state index contributed by atoms with van der Waals surface area (Å²) in [6.07, 6.45) is 2.56. The largest absolute Gasteiger partial charge is 0.471 e. The number of rotatable bonds is 4. The zero-order valence-corrected chi connectivity index (χ0v) is 14.9. The third-order valence-electron chi connectivity index (χ3n) is 4.77. The Morgan fingerprint density at radius 1 is 1.18 bits per heavy atom. The van der Waals surface area contributed by atoms with Crippen molar-refractivity contribution in [3.63, 3.8) is 0 Å². The van der Waals surface area contributed by atoms with Crippen LogP contribution in [0.2, 0.25) is 0 Å². The Labute approximate surface area is 159 Å². The smallest absolute Gasteiger partial charge is 0.329 e. The molecule has 0 amide bonds. The molecule has 0 radical (unpaired) electrons. The quantitative estimate of drug-likeness (QED) is 0.674. The van der Waals surface area contributed by atoms with E-state index in [1.54, 1.807) is 12.3 Å². The number of nitrogens with zero attached hydrogens (tertiary/aromatic N) is 5. The molecule has 0 saturated carbocycles. The number of aromatic nitrogens is 4. The van der Waals surface area contributed by atoms with Gasteiger partial charge in [0.1, 0.15) is 0 Å². The van der Waals surface area contributed by atoms with Crippen LogP contribution in [0, 0.1) is 0 Å². The molecule has 9 heteroatoms. The van der Waals surface area contributed by atoms with Crippen LogP contribution in [0.3, 0.4) is 0 Å². The number of hydrogen-bond donors (Lipinski definition) is 0. The van der Waals surface area contributed by atoms with Gasteiger partial charge in [0.05, 0.1) is 0 Å². The predicted octanol–water partition coefficient (Wildman–Crippen LogP) is 3.93. The summed E-state index contributed by atoms with van der Waals surface area (Å²) >= 11 is 0. The second-order valence-electron chi connectivity index (χ2n) is 6.83. The summed E-state index contributed by atoms with van der Waals surface area (Å²) in [4.78, 5) is 14.4. The van der Waals surface area contributed by atoms with Gasteiger partial charge >= 0.3 is 12.1 Å². The van der Waals surface area contributed by atoms with Gasteiger partial charge in [0.2, 0.25) is 5.82 Å². The average Bonchev–Trinajstić information content (AvgIpc) is 3.20. The van der Waals surface area contributed by atoms with E-state index in [1.807, 2.05) is 18.3 Å². The third kappa shape index (κ3) is 4.19. The molecule has 1 aliphatic heterocycles. The molecule has 4 heterocycles. The summed E-state index contributed by atoms with van der Waals surface area (Å²) in [6.45, 7) is 2.74. The van der Waals surface area contributed by atoms with Crippen LogP contribution in [0.4, 0.5) is 13.2 Å². The average molecular weight is 389 g/mol. The van der Waals surface area contributed by atoms with Crippen LogP contribution in [-0.4, -0.2) is 38.1 Å². The lowest BCUT2D eigenvalue weighted by Gasteiger charge is -2.32. The molecule has 0 bridgehead atoms. The number of halogens is 3. The van der Waals surface area contributed by atoms with Crippen molar-refractivity contribution in [3.8, 4) is 11.4 Å². The van der Waals surface area contributed by atoms with Crippen molar-refractivity contribution >= 4 is 0 Å². The minimum absolute atomic E-state index is 0.117. The van der Waals surface area contributed by atoms with Gasteiger partial charge in [-0.25, -0.2) is 0 Å². The fourth-order valence-electron chi connectivity index (χ4n) is 3.43. The summed E-state index contributed by atoms with van der Waals surface area (Å²) in [7, 11) is 0. The summed E-state index contributed by atoms with van der Waals surface area (Å²) in [5.41, 5.74) is 2.48. The highest BCUT2D eigenvalue weighted by Crippen LogP contribution is 2.30. The van der Waals surface area contributed by atoms with Crippen molar-refractivity contribution in [3.05, 3.63) is 60.0 Å². The molecule has 3 aromatic rings. The topological polar surface area (TPSA) is 67.9 Å². The Morgan fingerprint density at radius 2 is 2.07 bits per heavy atom. The molecule has 0 aliphatic carbocycles. The van der Waals surface area contributed by atoms with Gasteiger partial charge < -0.3 is 4.52 Å². The van der Waals surface area contributed by atoms with Crippen molar-refractivity contribution in [2.75, 3.05) is 13.1 Å². The standard InChI is InChI=1S/C19H18F3N5O/c20-19(21,22)18-25-17(26-28-18)14-5-6-16(24-10-14)15-4-2-8-27(12-15)11-13-3-1-7-23-9-13/h1,3,5-7,9-10,15H,2,4,8,11-12H2/t15-/m1/s1. The first-order chi connectivity index (χ1) is 13.5. The minimum atomic E-state index is -4.65. The molecule has 1 atom stereocenters. The van der Waals surface area contributed by atoms with Crippen LogP contribution < -0.4 is 0 Å². The summed E-state index contributed by atoms with van der Waals surface area (Å²) in [5.74, 6) is -1.20. The van der Waals surface area contributed by atoms with Crippen molar-refractivity contribution in [2.24, 2.45) is 0 Å². The van der Waals surface area contributed by atoms with Crippen LogP contribution in [0.5, 0.6) is 0 Å². The van der Waals surface area contributed by atoms with E-state index < -0.39 is 12.1 Å². The third-order valence-corrected chi connectivity index (χ3v) is 4.77. The molecule has 0 spiro atoms. The van der Waals surface area contributed by atoms with Crippen LogP contribution in [0.25, 0.3) is 11.4 Å². The number of hydrogen-bond acceptors (Lipinski definition) is 6. The highest BCUT2D eigenvalue weighted by atomic mass is 19.4. The molecule has 0 aromatic carbocycles. The Hall–Kier alpha value is -2.81. The van der Waals surface area contributed by atoms with E-state index in [2.05, 4.69) is 35.6 Å². The van der Waals surface area contributed by atoms with Gasteiger partial charge in [-0.15, -0.1) is 0 Å². The predicted molar refractivity (Wildman–Crippen MR) is 94.0 cm³/mol. The number of pyridine rings is 2. The second-order valence-corrected chi connectivity index (χ2v) is 6.83. The van der Waals surface area contributed by atoms with Crippen LogP contribution in [0.15, 0.2) is 47.4 Å². The van der Waals surface area contributed by atoms with E-state index in [0.29, 0.717) is 5.56 Å². The molecule has 4 rings (SSSR count). The number of likely N-dealkylation sites (tertiary alicyclic amines) is 1. The Balaban J connectivity index is 1.44. The first-order valence-corrected chi connectivity index (χ1v) is 8.97. The summed E-state index contributed by atoms with van der Waals surface area (Å²) < 4.78 is 42.1. The lowest BCUT2D eigenvalue weighted by molar-refractivity contribution is -0.159. The molecule has 0 unspecified atom stereocenters. The van der Waals surface area contributed by atoms with Crippen molar-refractivity contribution in [2.45, 2.75) is 31.5 Å². The fraction of sp³-hybridized carbons (Fsp3) is 0.368. The normalized spacial score (nSPS) is 18.3. The Morgan fingerprint density at radius 3 is 2.75 bits per heavy atom. The van der Waals surface area contributed by atoms with Crippen molar-refractivity contribution in [1.82, 2.24) is 25.0 Å². The molecule has 146 valence electrons. The monoisotopic (exact) mass is 389 g/mol. The van der Waals surface area contributed by atoms with Crippen LogP contribution in [-0.2, 0) is 12.7 Å². The Bertz CT molecular complexity index is 911. The van der Waals surface area contributed by atoms with Gasteiger partial charge in [-0.2, -0.15) is 18.2 Å². The van der Waals surface area contributed by atoms with Crippen molar-refractivity contribution in [1.29, 1.82) is 0 Å². The maximum absolute atomic E-state index is 12.6. The van der Waals surface area contributed by atoms with Gasteiger partial charge in [-0.1, -0.05) is 11.2 Å². The summed E-state index contributed by atoms with van der Waals surface area (Å²) in [6, 6.07) is 7.51. The van der Waals surface area contributed by atoms with E-state index >= 15 is 0 Å². The minimum Gasteiger partial charge on any atom is -0.329 e. The SMILES string of the molecule is FC(F)(F)c1nc(-c2ccc([C@@H]3CCCN(Cc4cccnc4)C3)nc2)no1. The van der Waals surface area contributed by atoms with E-state index in [-0.39, 0.29) is 11.7 Å². The van der Waals surface area contributed by atoms with E-state index in [1.165, 1.54) is 11.8 Å². The first-order valence-electron chi connectivity index (χ1n) is 8.97. The fourth-order valence-corrected chi connectivity index (χ4v) is 3.43. The molecule has 28 heavy (non-hydrogen) atoms. The van der Waals surface area contributed by atoms with E-state index in [0.717, 1.165) is 38.2 Å². The maximum Gasteiger partial charge on any atom is 0.471 e. The molecule has 1 aliphatic rings. The van der Waals surface area contributed by atoms with Gasteiger partial charge in [-0.05, 0) is 43.1 Å². The lowest BCUT2D eigenvalue weighted by Crippen LogP contribution is -2.34. The highest BCUT2D eigenvalue weighted by Gasteiger charge is 2.38. The molecule has 0 N–H and O–H groups in total. The van der Waals surface area contributed by atoms with Gasteiger partial charge in [0, 0.05) is 48.9 Å². The van der Waals surface area contributed by atoms with Gasteiger partial charge in [-0.3, -0.25) is 14.9 Å². The molecule has 6 nitrogen and oxygen atoms in total. The molecular formula is C19H18F3N5O. The summed E-state index contributed by atoms with van der Waals surface area (Å²) in [5, 5.41) is 3.39. The first kappa shape index (κ1) is 18.5. The zero-order chi connectivity index (χ0) is 19.6. The maximum atomic E-state index is 12.6. The molecule has 1 saturated heterocycles. The number of alkyl halides is 3. The molecule has 1 fully saturated rings. The van der Waals surface area contributed by atoms with Crippen LogP contribution in [0.1, 0.15) is 35.9 Å². The van der Waals surface area contributed by atoms with E-state index in [9.17, 15) is 13.2 Å². The lowest BCUT2D eigenvalue weighted by atomic mass is 9.93. The molecular weight excluding hydrogens is 371 g/mol. The second kappa shape index (κ2) is 7.67. The van der Waals surface area contributed by atoms with Crippen LogP contribution >= 0.6 is 0 Å². The van der Waals surface area contributed by atoms with Gasteiger partial charge in [0.25, 0.3) is 0 Å². The Kier molecular flexibility index (Phi) is 5.08. The highest BCUT2D eigenvalue weighted by molar-refractivity contribution is 5.52. The van der Waals surface area contributed by atoms with Gasteiger partial charge in [0.15, 0.2) is 0 Å².